The highest BCUT2D eigenvalue weighted by atomic mass is 32.2. The van der Waals surface area contributed by atoms with Crippen molar-refractivity contribution in [1.82, 2.24) is 4.72 Å². The minimum Gasteiger partial charge on any atom is -0.395 e. The van der Waals surface area contributed by atoms with Crippen LogP contribution in [0.3, 0.4) is 0 Å². The Balaban J connectivity index is 2.43. The highest BCUT2D eigenvalue weighted by Gasteiger charge is 2.24. The van der Waals surface area contributed by atoms with E-state index in [9.17, 15) is 8.42 Å². The van der Waals surface area contributed by atoms with E-state index in [2.05, 4.69) is 4.72 Å². The molecule has 6 heteroatoms. The van der Waals surface area contributed by atoms with Crippen LogP contribution in [0.4, 0.5) is 0 Å². The van der Waals surface area contributed by atoms with E-state index < -0.39 is 10.0 Å². The van der Waals surface area contributed by atoms with Gasteiger partial charge in [-0.3, -0.25) is 0 Å². The summed E-state index contributed by atoms with van der Waals surface area (Å²) < 4.78 is 30.9. The SMILES string of the molecule is CC[C@@H](CO)NS(=O)(=O)CC1CCCO1. The summed E-state index contributed by atoms with van der Waals surface area (Å²) in [5.74, 6) is 0.00347. The Labute approximate surface area is 90.9 Å². The van der Waals surface area contributed by atoms with E-state index in [4.69, 9.17) is 9.84 Å². The van der Waals surface area contributed by atoms with Gasteiger partial charge in [-0.2, -0.15) is 0 Å². The molecule has 1 unspecified atom stereocenters. The normalized spacial score (nSPS) is 24.3. The molecule has 1 aliphatic rings. The molecule has 1 aliphatic heterocycles. The zero-order chi connectivity index (χ0) is 11.3. The van der Waals surface area contributed by atoms with Crippen molar-refractivity contribution in [2.45, 2.75) is 38.3 Å². The second-order valence-electron chi connectivity index (χ2n) is 3.82. The summed E-state index contributed by atoms with van der Waals surface area (Å²) in [6.07, 6.45) is 2.13. The summed E-state index contributed by atoms with van der Waals surface area (Å²) in [6, 6.07) is -0.378. The molecule has 0 aliphatic carbocycles. The third-order valence-corrected chi connectivity index (χ3v) is 3.99. The smallest absolute Gasteiger partial charge is 0.214 e. The van der Waals surface area contributed by atoms with Crippen LogP contribution in [0.5, 0.6) is 0 Å². The third-order valence-electron chi connectivity index (χ3n) is 2.49. The largest absolute Gasteiger partial charge is 0.395 e. The summed E-state index contributed by atoms with van der Waals surface area (Å²) in [6.45, 7) is 2.31. The molecule has 2 N–H and O–H groups in total. The van der Waals surface area contributed by atoms with Crippen molar-refractivity contribution < 1.29 is 18.3 Å². The lowest BCUT2D eigenvalue weighted by Crippen LogP contribution is -2.40. The summed E-state index contributed by atoms with van der Waals surface area (Å²) in [4.78, 5) is 0. The van der Waals surface area contributed by atoms with Crippen molar-refractivity contribution in [2.24, 2.45) is 0 Å². The lowest BCUT2D eigenvalue weighted by atomic mass is 10.3. The van der Waals surface area contributed by atoms with Gasteiger partial charge in [-0.25, -0.2) is 13.1 Å². The first-order valence-electron chi connectivity index (χ1n) is 5.30. The van der Waals surface area contributed by atoms with Gasteiger partial charge in [0, 0.05) is 12.6 Å². The maximum absolute atomic E-state index is 11.6. The van der Waals surface area contributed by atoms with E-state index >= 15 is 0 Å². The van der Waals surface area contributed by atoms with Gasteiger partial charge >= 0.3 is 0 Å². The van der Waals surface area contributed by atoms with Gasteiger partial charge in [0.15, 0.2) is 0 Å². The number of hydrogen-bond donors (Lipinski definition) is 2. The molecule has 0 spiro atoms. The van der Waals surface area contributed by atoms with E-state index in [0.29, 0.717) is 13.0 Å². The average molecular weight is 237 g/mol. The Morgan fingerprint density at radius 1 is 1.60 bits per heavy atom. The van der Waals surface area contributed by atoms with E-state index in [1.54, 1.807) is 0 Å². The first-order valence-corrected chi connectivity index (χ1v) is 6.95. The second kappa shape index (κ2) is 5.79. The molecule has 0 aromatic rings. The number of ether oxygens (including phenoxy) is 1. The van der Waals surface area contributed by atoms with Crippen LogP contribution in [0.2, 0.25) is 0 Å². The lowest BCUT2D eigenvalue weighted by Gasteiger charge is -2.16. The minimum atomic E-state index is -3.32. The zero-order valence-electron chi connectivity index (χ0n) is 8.98. The predicted molar refractivity (Wildman–Crippen MR) is 57.1 cm³/mol. The second-order valence-corrected chi connectivity index (χ2v) is 5.62. The van der Waals surface area contributed by atoms with Gasteiger partial charge < -0.3 is 9.84 Å². The van der Waals surface area contributed by atoms with Gasteiger partial charge in [-0.1, -0.05) is 6.92 Å². The van der Waals surface area contributed by atoms with Crippen LogP contribution < -0.4 is 4.72 Å². The molecule has 5 nitrogen and oxygen atoms in total. The molecule has 15 heavy (non-hydrogen) atoms. The van der Waals surface area contributed by atoms with Gasteiger partial charge in [0.2, 0.25) is 10.0 Å². The van der Waals surface area contributed by atoms with Gasteiger partial charge in [0.1, 0.15) is 0 Å². The van der Waals surface area contributed by atoms with Crippen molar-refractivity contribution in [3.8, 4) is 0 Å². The van der Waals surface area contributed by atoms with Gasteiger partial charge in [0.25, 0.3) is 0 Å². The first-order chi connectivity index (χ1) is 7.07. The molecule has 0 aromatic carbocycles. The molecule has 1 fully saturated rings. The van der Waals surface area contributed by atoms with Crippen molar-refractivity contribution in [3.63, 3.8) is 0 Å². The quantitative estimate of drug-likeness (QED) is 0.674. The maximum Gasteiger partial charge on any atom is 0.214 e. The topological polar surface area (TPSA) is 75.6 Å². The molecule has 0 saturated carbocycles. The van der Waals surface area contributed by atoms with Crippen molar-refractivity contribution >= 4 is 10.0 Å². The van der Waals surface area contributed by atoms with Gasteiger partial charge in [0.05, 0.1) is 18.5 Å². The third kappa shape index (κ3) is 4.46. The number of rotatable bonds is 6. The summed E-state index contributed by atoms with van der Waals surface area (Å²) in [5.41, 5.74) is 0. The van der Waals surface area contributed by atoms with Crippen molar-refractivity contribution in [2.75, 3.05) is 19.0 Å². The molecule has 90 valence electrons. The van der Waals surface area contributed by atoms with Crippen LogP contribution in [0.1, 0.15) is 26.2 Å². The molecule has 1 saturated heterocycles. The fourth-order valence-electron chi connectivity index (χ4n) is 1.57. The number of aliphatic hydroxyl groups is 1. The van der Waals surface area contributed by atoms with E-state index in [1.165, 1.54) is 0 Å². The Hall–Kier alpha value is -0.170. The van der Waals surface area contributed by atoms with Crippen LogP contribution in [0.15, 0.2) is 0 Å². The van der Waals surface area contributed by atoms with E-state index in [1.807, 2.05) is 6.92 Å². The lowest BCUT2D eigenvalue weighted by molar-refractivity contribution is 0.127. The highest BCUT2D eigenvalue weighted by Crippen LogP contribution is 2.13. The average Bonchev–Trinajstić information content (AvgIpc) is 2.66. The van der Waals surface area contributed by atoms with Crippen LogP contribution >= 0.6 is 0 Å². The molecule has 0 bridgehead atoms. The number of aliphatic hydroxyl groups excluding tert-OH is 1. The fourth-order valence-corrected chi connectivity index (χ4v) is 3.17. The molecule has 1 heterocycles. The van der Waals surface area contributed by atoms with Crippen LogP contribution in [-0.2, 0) is 14.8 Å². The van der Waals surface area contributed by atoms with Crippen LogP contribution in [-0.4, -0.2) is 44.6 Å². The molecular weight excluding hydrogens is 218 g/mol. The Bertz CT molecular complexity index is 258. The zero-order valence-corrected chi connectivity index (χ0v) is 9.79. The minimum absolute atomic E-state index is 0.00347. The fraction of sp³-hybridized carbons (Fsp3) is 1.00. The van der Waals surface area contributed by atoms with Crippen molar-refractivity contribution in [3.05, 3.63) is 0 Å². The Morgan fingerprint density at radius 3 is 2.80 bits per heavy atom. The first kappa shape index (κ1) is 12.9. The predicted octanol–water partition coefficient (Wildman–Crippen LogP) is -0.144. The number of sulfonamides is 1. The Morgan fingerprint density at radius 2 is 2.33 bits per heavy atom. The summed E-state index contributed by atoms with van der Waals surface area (Å²) in [7, 11) is -3.32. The molecular formula is C9H19NO4S. The highest BCUT2D eigenvalue weighted by molar-refractivity contribution is 7.89. The number of nitrogens with one attached hydrogen (secondary N) is 1. The van der Waals surface area contributed by atoms with E-state index in [0.717, 1.165) is 12.8 Å². The van der Waals surface area contributed by atoms with Gasteiger partial charge in [-0.15, -0.1) is 0 Å². The van der Waals surface area contributed by atoms with Crippen molar-refractivity contribution in [1.29, 1.82) is 0 Å². The molecule has 0 aromatic heterocycles. The monoisotopic (exact) mass is 237 g/mol. The summed E-state index contributed by atoms with van der Waals surface area (Å²) in [5, 5.41) is 8.89. The number of hydrogen-bond acceptors (Lipinski definition) is 4. The standard InChI is InChI=1S/C9H19NO4S/c1-2-8(6-11)10-15(12,13)7-9-4-3-5-14-9/h8-11H,2-7H2,1H3/t8-,9?/m0/s1. The molecule has 0 radical (unpaired) electrons. The molecule has 2 atom stereocenters. The van der Waals surface area contributed by atoms with Crippen LogP contribution in [0.25, 0.3) is 0 Å². The summed E-state index contributed by atoms with van der Waals surface area (Å²) >= 11 is 0. The Kier molecular flexibility index (Phi) is 4.98. The van der Waals surface area contributed by atoms with Gasteiger partial charge in [-0.05, 0) is 19.3 Å². The molecule has 1 rings (SSSR count). The molecule has 0 amide bonds. The van der Waals surface area contributed by atoms with E-state index in [-0.39, 0.29) is 24.5 Å². The van der Waals surface area contributed by atoms with Crippen LogP contribution in [0, 0.1) is 0 Å². The maximum atomic E-state index is 11.6.